The van der Waals surface area contributed by atoms with Crippen molar-refractivity contribution in [1.82, 2.24) is 0 Å². The van der Waals surface area contributed by atoms with Crippen LogP contribution in [-0.2, 0) is 9.53 Å². The first-order chi connectivity index (χ1) is 5.87. The molecule has 0 aromatic heterocycles. The summed E-state index contributed by atoms with van der Waals surface area (Å²) in [6.07, 6.45) is -5.91. The van der Waals surface area contributed by atoms with Crippen molar-refractivity contribution in [2.45, 2.75) is 38.5 Å². The molecule has 0 bridgehead atoms. The maximum atomic E-state index is 11.6. The van der Waals surface area contributed by atoms with E-state index in [1.807, 2.05) is 0 Å². The number of ether oxygens (including phenoxy) is 1. The highest BCUT2D eigenvalue weighted by Crippen LogP contribution is 2.22. The van der Waals surface area contributed by atoms with Crippen molar-refractivity contribution in [3.63, 3.8) is 0 Å². The molecule has 78 valence electrons. The average molecular weight is 198 g/mol. The van der Waals surface area contributed by atoms with Gasteiger partial charge in [-0.15, -0.1) is 0 Å². The molecule has 0 aromatic rings. The Morgan fingerprint density at radius 1 is 1.46 bits per heavy atom. The molecule has 0 saturated carbocycles. The van der Waals surface area contributed by atoms with Crippen molar-refractivity contribution in [3.8, 4) is 0 Å². The molecule has 1 unspecified atom stereocenters. The second kappa shape index (κ2) is 5.21. The fourth-order valence-electron chi connectivity index (χ4n) is 0.798. The third-order valence-corrected chi connectivity index (χ3v) is 1.69. The van der Waals surface area contributed by atoms with Crippen molar-refractivity contribution in [1.29, 1.82) is 0 Å². The summed E-state index contributed by atoms with van der Waals surface area (Å²) in [6.45, 7) is 1.52. The molecule has 0 rings (SSSR count). The van der Waals surface area contributed by atoms with Crippen molar-refractivity contribution in [3.05, 3.63) is 0 Å². The van der Waals surface area contributed by atoms with Gasteiger partial charge in [-0.2, -0.15) is 13.2 Å². The fourth-order valence-corrected chi connectivity index (χ4v) is 0.798. The van der Waals surface area contributed by atoms with E-state index in [-0.39, 0.29) is 18.6 Å². The summed E-state index contributed by atoms with van der Waals surface area (Å²) < 4.78 is 39.6. The maximum Gasteiger partial charge on any atom is 0.389 e. The second-order valence-electron chi connectivity index (χ2n) is 2.81. The van der Waals surface area contributed by atoms with Crippen molar-refractivity contribution in [2.24, 2.45) is 0 Å². The Morgan fingerprint density at radius 2 is 2.00 bits per heavy atom. The summed E-state index contributed by atoms with van der Waals surface area (Å²) >= 11 is 0. The lowest BCUT2D eigenvalue weighted by Crippen LogP contribution is -2.19. The van der Waals surface area contributed by atoms with Crippen molar-refractivity contribution < 1.29 is 22.7 Å². The minimum atomic E-state index is -4.17. The van der Waals surface area contributed by atoms with Crippen LogP contribution in [0, 0.1) is 0 Å². The number of hydrogen-bond acceptors (Lipinski definition) is 2. The van der Waals surface area contributed by atoms with Crippen molar-refractivity contribution in [2.75, 3.05) is 7.11 Å². The van der Waals surface area contributed by atoms with Crippen LogP contribution in [0.5, 0.6) is 0 Å². The first kappa shape index (κ1) is 12.4. The molecule has 0 radical (unpaired) electrons. The largest absolute Gasteiger partial charge is 0.389 e. The standard InChI is InChI=1S/C8H13F3O2/c1-6(13-2)7(12)4-3-5-8(9,10)11/h6H,3-5H2,1-2H3. The highest BCUT2D eigenvalue weighted by Gasteiger charge is 2.26. The molecular formula is C8H13F3O2. The first-order valence-electron chi connectivity index (χ1n) is 3.99. The Bertz CT molecular complexity index is 165. The van der Waals surface area contributed by atoms with Crippen LogP contribution in [0.3, 0.4) is 0 Å². The van der Waals surface area contributed by atoms with Crippen LogP contribution < -0.4 is 0 Å². The zero-order valence-electron chi connectivity index (χ0n) is 7.65. The summed E-state index contributed by atoms with van der Waals surface area (Å²) in [5.41, 5.74) is 0. The molecule has 0 saturated heterocycles. The average Bonchev–Trinajstić information content (AvgIpc) is 2.00. The predicted molar refractivity (Wildman–Crippen MR) is 41.4 cm³/mol. The van der Waals surface area contributed by atoms with Gasteiger partial charge in [0, 0.05) is 20.0 Å². The van der Waals surface area contributed by atoms with Gasteiger partial charge in [0.05, 0.1) is 0 Å². The van der Waals surface area contributed by atoms with Gasteiger partial charge in [-0.25, -0.2) is 0 Å². The second-order valence-corrected chi connectivity index (χ2v) is 2.81. The third-order valence-electron chi connectivity index (χ3n) is 1.69. The van der Waals surface area contributed by atoms with E-state index in [0.717, 1.165) is 0 Å². The molecule has 0 aliphatic carbocycles. The molecule has 0 aromatic carbocycles. The number of methoxy groups -OCH3 is 1. The Kier molecular flexibility index (Phi) is 4.98. The van der Waals surface area contributed by atoms with Gasteiger partial charge in [-0.1, -0.05) is 0 Å². The van der Waals surface area contributed by atoms with Gasteiger partial charge in [0.2, 0.25) is 0 Å². The summed E-state index contributed by atoms with van der Waals surface area (Å²) in [6, 6.07) is 0. The Labute approximate surface area is 75.1 Å². The minimum absolute atomic E-state index is 0.0749. The Morgan fingerprint density at radius 3 is 2.38 bits per heavy atom. The van der Waals surface area contributed by atoms with Crippen LogP contribution in [0.15, 0.2) is 0 Å². The van der Waals surface area contributed by atoms with E-state index in [2.05, 4.69) is 4.74 Å². The summed E-state index contributed by atoms with van der Waals surface area (Å²) in [5.74, 6) is -0.285. The van der Waals surface area contributed by atoms with Crippen LogP contribution in [0.2, 0.25) is 0 Å². The van der Waals surface area contributed by atoms with Crippen LogP contribution in [0.1, 0.15) is 26.2 Å². The molecule has 0 amide bonds. The fraction of sp³-hybridized carbons (Fsp3) is 0.875. The first-order valence-corrected chi connectivity index (χ1v) is 3.99. The predicted octanol–water partition coefficient (Wildman–Crippen LogP) is 2.32. The van der Waals surface area contributed by atoms with E-state index in [0.29, 0.717) is 0 Å². The molecular weight excluding hydrogens is 185 g/mol. The van der Waals surface area contributed by atoms with E-state index in [1.54, 1.807) is 0 Å². The maximum absolute atomic E-state index is 11.6. The van der Waals surface area contributed by atoms with E-state index in [9.17, 15) is 18.0 Å². The number of carbonyl (C=O) groups is 1. The summed E-state index contributed by atoms with van der Waals surface area (Å²) in [7, 11) is 1.35. The molecule has 0 heterocycles. The van der Waals surface area contributed by atoms with Gasteiger partial charge in [-0.05, 0) is 13.3 Å². The lowest BCUT2D eigenvalue weighted by Gasteiger charge is -2.08. The molecule has 0 spiro atoms. The normalized spacial score (nSPS) is 14.2. The lowest BCUT2D eigenvalue weighted by atomic mass is 10.1. The molecule has 0 fully saturated rings. The smallest absolute Gasteiger partial charge is 0.374 e. The Balaban J connectivity index is 3.60. The van der Waals surface area contributed by atoms with Gasteiger partial charge in [0.1, 0.15) is 6.10 Å². The molecule has 1 atom stereocenters. The van der Waals surface area contributed by atoms with Gasteiger partial charge in [0.25, 0.3) is 0 Å². The van der Waals surface area contributed by atoms with E-state index >= 15 is 0 Å². The number of carbonyl (C=O) groups excluding carboxylic acids is 1. The molecule has 13 heavy (non-hydrogen) atoms. The minimum Gasteiger partial charge on any atom is -0.374 e. The zero-order chi connectivity index (χ0) is 10.5. The number of Topliss-reactive ketones (excluding diaryl/α,β-unsaturated/α-hetero) is 1. The van der Waals surface area contributed by atoms with E-state index in [1.165, 1.54) is 14.0 Å². The molecule has 5 heteroatoms. The monoisotopic (exact) mass is 198 g/mol. The van der Waals surface area contributed by atoms with E-state index in [4.69, 9.17) is 0 Å². The van der Waals surface area contributed by atoms with Crippen molar-refractivity contribution >= 4 is 5.78 Å². The van der Waals surface area contributed by atoms with Gasteiger partial charge < -0.3 is 4.74 Å². The molecule has 0 aliphatic rings. The molecule has 0 N–H and O–H groups in total. The highest BCUT2D eigenvalue weighted by molar-refractivity contribution is 5.82. The number of hydrogen-bond donors (Lipinski definition) is 0. The molecule has 2 nitrogen and oxygen atoms in total. The van der Waals surface area contributed by atoms with Crippen LogP contribution >= 0.6 is 0 Å². The summed E-state index contributed by atoms with van der Waals surface area (Å²) in [5, 5.41) is 0. The quantitative estimate of drug-likeness (QED) is 0.677. The number of rotatable bonds is 5. The number of ketones is 1. The lowest BCUT2D eigenvalue weighted by molar-refractivity contribution is -0.138. The topological polar surface area (TPSA) is 26.3 Å². The van der Waals surface area contributed by atoms with Gasteiger partial charge >= 0.3 is 6.18 Å². The third kappa shape index (κ3) is 6.57. The van der Waals surface area contributed by atoms with Crippen LogP contribution in [0.4, 0.5) is 13.2 Å². The SMILES string of the molecule is COC(C)C(=O)CCCC(F)(F)F. The van der Waals surface area contributed by atoms with Crippen LogP contribution in [-0.4, -0.2) is 25.2 Å². The molecule has 0 aliphatic heterocycles. The van der Waals surface area contributed by atoms with Crippen LogP contribution in [0.25, 0.3) is 0 Å². The number of alkyl halides is 3. The Hall–Kier alpha value is -0.580. The van der Waals surface area contributed by atoms with Gasteiger partial charge in [-0.3, -0.25) is 4.79 Å². The van der Waals surface area contributed by atoms with Gasteiger partial charge in [0.15, 0.2) is 5.78 Å². The number of halogens is 3. The summed E-state index contributed by atoms with van der Waals surface area (Å²) in [4.78, 5) is 11.0. The highest BCUT2D eigenvalue weighted by atomic mass is 19.4. The van der Waals surface area contributed by atoms with E-state index < -0.39 is 18.7 Å². The zero-order valence-corrected chi connectivity index (χ0v) is 7.65.